The molecule has 0 aliphatic carbocycles. The van der Waals surface area contributed by atoms with Crippen molar-refractivity contribution < 1.29 is 14.0 Å². The summed E-state index contributed by atoms with van der Waals surface area (Å²) in [5.41, 5.74) is 2.03. The first-order valence-electron chi connectivity index (χ1n) is 5.47. The molecule has 0 fully saturated rings. The van der Waals surface area contributed by atoms with Crippen molar-refractivity contribution in [2.45, 2.75) is 13.3 Å². The number of amides is 1. The molecular weight excluding hydrogens is 236 g/mol. The maximum absolute atomic E-state index is 11.0. The number of oxazole rings is 1. The number of ketones is 1. The zero-order valence-corrected chi connectivity index (χ0v) is 9.78. The molecule has 0 aliphatic rings. The van der Waals surface area contributed by atoms with Crippen LogP contribution in [0.25, 0.3) is 11.1 Å². The Morgan fingerprint density at radius 2 is 2.17 bits per heavy atom. The summed E-state index contributed by atoms with van der Waals surface area (Å²) < 4.78 is 4.92. The Hall–Kier alpha value is -2.37. The van der Waals surface area contributed by atoms with Gasteiger partial charge in [0.05, 0.1) is 5.52 Å². The number of aromatic amines is 1. The molecule has 2 aromatic rings. The maximum Gasteiger partial charge on any atom is 0.417 e. The highest BCUT2D eigenvalue weighted by molar-refractivity contribution is 6.35. The fourth-order valence-electron chi connectivity index (χ4n) is 1.59. The summed E-state index contributed by atoms with van der Waals surface area (Å²) >= 11 is 0. The van der Waals surface area contributed by atoms with Gasteiger partial charge in [0.2, 0.25) is 5.78 Å². The van der Waals surface area contributed by atoms with Crippen molar-refractivity contribution in [2.24, 2.45) is 0 Å². The fourth-order valence-corrected chi connectivity index (χ4v) is 1.59. The van der Waals surface area contributed by atoms with Gasteiger partial charge in [-0.25, -0.2) is 4.79 Å². The fraction of sp³-hybridized carbons (Fsp3) is 0.250. The van der Waals surface area contributed by atoms with Gasteiger partial charge in [0.15, 0.2) is 5.58 Å². The van der Waals surface area contributed by atoms with Crippen molar-refractivity contribution in [1.82, 2.24) is 10.3 Å². The third-order valence-electron chi connectivity index (χ3n) is 2.50. The van der Waals surface area contributed by atoms with Gasteiger partial charge in [0, 0.05) is 13.5 Å². The van der Waals surface area contributed by atoms with Gasteiger partial charge >= 0.3 is 5.76 Å². The monoisotopic (exact) mass is 248 g/mol. The summed E-state index contributed by atoms with van der Waals surface area (Å²) in [5.74, 6) is -1.60. The number of nitrogens with one attached hydrogen (secondary N) is 2. The van der Waals surface area contributed by atoms with Crippen molar-refractivity contribution in [3.8, 4) is 0 Å². The van der Waals surface area contributed by atoms with Crippen molar-refractivity contribution in [3.05, 3.63) is 34.3 Å². The van der Waals surface area contributed by atoms with Crippen molar-refractivity contribution >= 4 is 22.8 Å². The highest BCUT2D eigenvalue weighted by Crippen LogP contribution is 2.12. The maximum atomic E-state index is 11.0. The van der Waals surface area contributed by atoms with E-state index in [9.17, 15) is 14.4 Å². The number of Topliss-reactive ketones (excluding diaryl/α,β-unsaturated/α-hetero) is 1. The second-order valence-electron chi connectivity index (χ2n) is 3.91. The Balaban J connectivity index is 2.01. The third kappa shape index (κ3) is 2.65. The van der Waals surface area contributed by atoms with E-state index in [1.54, 1.807) is 12.1 Å². The Kier molecular flexibility index (Phi) is 3.27. The van der Waals surface area contributed by atoms with E-state index < -0.39 is 17.4 Å². The van der Waals surface area contributed by atoms with Crippen LogP contribution in [-0.4, -0.2) is 23.2 Å². The number of carbonyl (C=O) groups excluding carboxylic acids is 2. The van der Waals surface area contributed by atoms with Crippen LogP contribution < -0.4 is 11.1 Å². The molecule has 0 bridgehead atoms. The normalized spacial score (nSPS) is 10.5. The first-order chi connectivity index (χ1) is 8.56. The molecule has 18 heavy (non-hydrogen) atoms. The number of hydrogen-bond acceptors (Lipinski definition) is 4. The predicted molar refractivity (Wildman–Crippen MR) is 64.2 cm³/mol. The van der Waals surface area contributed by atoms with Crippen LogP contribution in [-0.2, 0) is 16.0 Å². The Labute approximate surface area is 102 Å². The number of rotatable bonds is 4. The van der Waals surface area contributed by atoms with Gasteiger partial charge in [-0.1, -0.05) is 6.07 Å². The van der Waals surface area contributed by atoms with Gasteiger partial charge in [-0.3, -0.25) is 14.6 Å². The lowest BCUT2D eigenvalue weighted by atomic mass is 10.1. The summed E-state index contributed by atoms with van der Waals surface area (Å²) in [6, 6.07) is 5.29. The van der Waals surface area contributed by atoms with Crippen LogP contribution in [0.1, 0.15) is 12.5 Å². The van der Waals surface area contributed by atoms with Gasteiger partial charge in [-0.15, -0.1) is 0 Å². The lowest BCUT2D eigenvalue weighted by Gasteiger charge is -2.02. The zero-order chi connectivity index (χ0) is 13.1. The average molecular weight is 248 g/mol. The molecule has 1 amide bonds. The number of aromatic nitrogens is 1. The highest BCUT2D eigenvalue weighted by Gasteiger charge is 2.06. The van der Waals surface area contributed by atoms with Gasteiger partial charge in [-0.2, -0.15) is 0 Å². The molecular formula is C12H12N2O4. The number of H-pyrrole nitrogens is 1. The molecule has 0 atom stereocenters. The number of benzene rings is 1. The standard InChI is InChI=1S/C12H12N2O4/c1-7(15)11(16)13-5-4-8-2-3-9-10(6-8)18-12(17)14-9/h2-3,6H,4-5H2,1H3,(H,13,16)(H,14,17). The summed E-state index contributed by atoms with van der Waals surface area (Å²) in [5, 5.41) is 2.50. The van der Waals surface area contributed by atoms with Crippen LogP contribution in [0.2, 0.25) is 0 Å². The van der Waals surface area contributed by atoms with E-state index in [1.807, 2.05) is 6.07 Å². The minimum atomic E-state index is -0.593. The molecule has 6 heteroatoms. The molecule has 94 valence electrons. The molecule has 0 radical (unpaired) electrons. The van der Waals surface area contributed by atoms with E-state index in [0.717, 1.165) is 5.56 Å². The molecule has 2 rings (SSSR count). The lowest BCUT2D eigenvalue weighted by molar-refractivity contribution is -0.136. The average Bonchev–Trinajstić information content (AvgIpc) is 2.68. The van der Waals surface area contributed by atoms with Gasteiger partial charge < -0.3 is 9.73 Å². The minimum Gasteiger partial charge on any atom is -0.408 e. The van der Waals surface area contributed by atoms with E-state index in [-0.39, 0.29) is 0 Å². The van der Waals surface area contributed by atoms with Crippen molar-refractivity contribution in [1.29, 1.82) is 0 Å². The Morgan fingerprint density at radius 3 is 2.89 bits per heavy atom. The van der Waals surface area contributed by atoms with E-state index in [2.05, 4.69) is 10.3 Å². The second-order valence-corrected chi connectivity index (χ2v) is 3.91. The quantitative estimate of drug-likeness (QED) is 0.764. The smallest absolute Gasteiger partial charge is 0.408 e. The van der Waals surface area contributed by atoms with Gasteiger partial charge in [0.1, 0.15) is 0 Å². The molecule has 0 saturated carbocycles. The molecule has 0 spiro atoms. The molecule has 0 unspecified atom stereocenters. The summed E-state index contributed by atoms with van der Waals surface area (Å²) in [6.07, 6.45) is 0.559. The van der Waals surface area contributed by atoms with E-state index in [4.69, 9.17) is 4.42 Å². The van der Waals surface area contributed by atoms with Crippen LogP contribution in [0.3, 0.4) is 0 Å². The topological polar surface area (TPSA) is 92.2 Å². The van der Waals surface area contributed by atoms with Crippen molar-refractivity contribution in [2.75, 3.05) is 6.54 Å². The van der Waals surface area contributed by atoms with E-state index in [0.29, 0.717) is 24.1 Å². The molecule has 1 aromatic heterocycles. The van der Waals surface area contributed by atoms with E-state index in [1.165, 1.54) is 6.92 Å². The van der Waals surface area contributed by atoms with Crippen molar-refractivity contribution in [3.63, 3.8) is 0 Å². The second kappa shape index (κ2) is 4.87. The largest absolute Gasteiger partial charge is 0.417 e. The summed E-state index contributed by atoms with van der Waals surface area (Å²) in [7, 11) is 0. The molecule has 0 aliphatic heterocycles. The molecule has 1 aromatic carbocycles. The van der Waals surface area contributed by atoms with Crippen LogP contribution in [0.15, 0.2) is 27.4 Å². The van der Waals surface area contributed by atoms with Crippen LogP contribution in [0.5, 0.6) is 0 Å². The molecule has 2 N–H and O–H groups in total. The Morgan fingerprint density at radius 1 is 1.39 bits per heavy atom. The lowest BCUT2D eigenvalue weighted by Crippen LogP contribution is -2.30. The number of fused-ring (bicyclic) bond motifs is 1. The SMILES string of the molecule is CC(=O)C(=O)NCCc1ccc2[nH]c(=O)oc2c1. The molecule has 1 heterocycles. The zero-order valence-electron chi connectivity index (χ0n) is 9.78. The first kappa shape index (κ1) is 12.1. The summed E-state index contributed by atoms with van der Waals surface area (Å²) in [6.45, 7) is 1.58. The van der Waals surface area contributed by atoms with Gasteiger partial charge in [0.25, 0.3) is 5.91 Å². The summed E-state index contributed by atoms with van der Waals surface area (Å²) in [4.78, 5) is 35.2. The van der Waals surface area contributed by atoms with Gasteiger partial charge in [-0.05, 0) is 24.1 Å². The minimum absolute atomic E-state index is 0.360. The molecule has 6 nitrogen and oxygen atoms in total. The van der Waals surface area contributed by atoms with Crippen LogP contribution in [0.4, 0.5) is 0 Å². The predicted octanol–water partition coefficient (Wildman–Crippen LogP) is 0.369. The third-order valence-corrected chi connectivity index (χ3v) is 2.50. The number of carbonyl (C=O) groups is 2. The number of hydrogen-bond donors (Lipinski definition) is 2. The first-order valence-corrected chi connectivity index (χ1v) is 5.47. The van der Waals surface area contributed by atoms with Crippen LogP contribution >= 0.6 is 0 Å². The van der Waals surface area contributed by atoms with E-state index >= 15 is 0 Å². The van der Waals surface area contributed by atoms with Crippen LogP contribution in [0, 0.1) is 0 Å². The molecule has 0 saturated heterocycles. The Bertz CT molecular complexity index is 653. The highest BCUT2D eigenvalue weighted by atomic mass is 16.4.